The summed E-state index contributed by atoms with van der Waals surface area (Å²) in [5.74, 6) is 1.14. The maximum atomic E-state index is 11.9. The summed E-state index contributed by atoms with van der Waals surface area (Å²) in [6.07, 6.45) is 7.83. The van der Waals surface area contributed by atoms with Crippen molar-refractivity contribution in [2.24, 2.45) is 5.92 Å². The lowest BCUT2D eigenvalue weighted by Gasteiger charge is -2.30. The molecule has 0 aromatic heterocycles. The van der Waals surface area contributed by atoms with Crippen molar-refractivity contribution in [3.05, 3.63) is 0 Å². The lowest BCUT2D eigenvalue weighted by molar-refractivity contribution is -0.130. The number of nitrogens with one attached hydrogen (secondary N) is 1. The van der Waals surface area contributed by atoms with Crippen LogP contribution in [0.4, 0.5) is 0 Å². The number of hydrogen-bond acceptors (Lipinski definition) is 2. The monoisotopic (exact) mass is 254 g/mol. The van der Waals surface area contributed by atoms with Gasteiger partial charge in [-0.25, -0.2) is 0 Å². The summed E-state index contributed by atoms with van der Waals surface area (Å²) in [7, 11) is 1.88. The second kappa shape index (κ2) is 7.78. The molecular weight excluding hydrogens is 224 g/mol. The van der Waals surface area contributed by atoms with Crippen LogP contribution in [0.2, 0.25) is 0 Å². The Kier molecular flexibility index (Phi) is 6.69. The van der Waals surface area contributed by atoms with Crippen LogP contribution >= 0.6 is 0 Å². The summed E-state index contributed by atoms with van der Waals surface area (Å²) in [4.78, 5) is 13.7. The van der Waals surface area contributed by atoms with E-state index in [2.05, 4.69) is 12.2 Å². The number of amides is 1. The van der Waals surface area contributed by atoms with Crippen LogP contribution in [-0.4, -0.2) is 36.5 Å². The van der Waals surface area contributed by atoms with Gasteiger partial charge in [-0.15, -0.1) is 0 Å². The van der Waals surface area contributed by atoms with Crippen LogP contribution < -0.4 is 5.32 Å². The minimum absolute atomic E-state index is 0.209. The Morgan fingerprint density at radius 3 is 2.39 bits per heavy atom. The van der Waals surface area contributed by atoms with Gasteiger partial charge in [0.05, 0.1) is 6.54 Å². The Labute approximate surface area is 112 Å². The van der Waals surface area contributed by atoms with Crippen molar-refractivity contribution in [2.75, 3.05) is 13.6 Å². The molecule has 0 spiro atoms. The Balaban J connectivity index is 2.19. The van der Waals surface area contributed by atoms with E-state index in [1.54, 1.807) is 0 Å². The van der Waals surface area contributed by atoms with Crippen LogP contribution in [0.5, 0.6) is 0 Å². The smallest absolute Gasteiger partial charge is 0.236 e. The fourth-order valence-electron chi connectivity index (χ4n) is 2.71. The van der Waals surface area contributed by atoms with Crippen molar-refractivity contribution in [1.82, 2.24) is 10.2 Å². The van der Waals surface area contributed by atoms with Crippen molar-refractivity contribution < 1.29 is 4.79 Å². The molecule has 1 amide bonds. The maximum Gasteiger partial charge on any atom is 0.236 e. The summed E-state index contributed by atoms with van der Waals surface area (Å²) in [6.45, 7) is 6.87. The second-order valence-corrected chi connectivity index (χ2v) is 5.99. The SMILES string of the molecule is CCCC1CCC(NCC(=O)N(C)C(C)C)CC1. The molecule has 1 N–H and O–H groups in total. The van der Waals surface area contributed by atoms with Crippen LogP contribution in [0, 0.1) is 5.92 Å². The molecule has 0 bridgehead atoms. The van der Waals surface area contributed by atoms with E-state index in [4.69, 9.17) is 0 Å². The van der Waals surface area contributed by atoms with Crippen LogP contribution in [0.15, 0.2) is 0 Å². The first-order valence-corrected chi connectivity index (χ1v) is 7.53. The molecule has 0 saturated heterocycles. The molecule has 3 heteroatoms. The number of nitrogens with zero attached hydrogens (tertiary/aromatic N) is 1. The van der Waals surface area contributed by atoms with Gasteiger partial charge >= 0.3 is 0 Å². The molecule has 1 rings (SSSR count). The molecule has 0 aromatic carbocycles. The number of rotatable bonds is 6. The summed E-state index contributed by atoms with van der Waals surface area (Å²) in [5, 5.41) is 3.43. The molecule has 1 aliphatic rings. The first-order valence-electron chi connectivity index (χ1n) is 7.53. The fraction of sp³-hybridized carbons (Fsp3) is 0.933. The van der Waals surface area contributed by atoms with Gasteiger partial charge in [-0.2, -0.15) is 0 Å². The third-order valence-electron chi connectivity index (χ3n) is 4.25. The van der Waals surface area contributed by atoms with Crippen molar-refractivity contribution in [3.63, 3.8) is 0 Å². The van der Waals surface area contributed by atoms with Crippen LogP contribution in [0.3, 0.4) is 0 Å². The van der Waals surface area contributed by atoms with Gasteiger partial charge in [-0.05, 0) is 45.4 Å². The van der Waals surface area contributed by atoms with Gasteiger partial charge in [-0.3, -0.25) is 4.79 Å². The van der Waals surface area contributed by atoms with E-state index in [0.717, 1.165) is 5.92 Å². The lowest BCUT2D eigenvalue weighted by Crippen LogP contribution is -2.43. The number of hydrogen-bond donors (Lipinski definition) is 1. The zero-order chi connectivity index (χ0) is 13.5. The van der Waals surface area contributed by atoms with Gasteiger partial charge in [0.15, 0.2) is 0 Å². The standard InChI is InChI=1S/C15H30N2O/c1-5-6-13-7-9-14(10-8-13)16-11-15(18)17(4)12(2)3/h12-14,16H,5-11H2,1-4H3. The van der Waals surface area contributed by atoms with E-state index in [9.17, 15) is 4.79 Å². The molecular formula is C15H30N2O. The van der Waals surface area contributed by atoms with Gasteiger partial charge in [-0.1, -0.05) is 19.8 Å². The largest absolute Gasteiger partial charge is 0.342 e. The molecule has 1 saturated carbocycles. The van der Waals surface area contributed by atoms with E-state index >= 15 is 0 Å². The van der Waals surface area contributed by atoms with Gasteiger partial charge in [0.1, 0.15) is 0 Å². The van der Waals surface area contributed by atoms with Gasteiger partial charge in [0, 0.05) is 19.1 Å². The molecule has 0 radical (unpaired) electrons. The normalized spacial score (nSPS) is 24.3. The van der Waals surface area contributed by atoms with Crippen molar-refractivity contribution in [3.8, 4) is 0 Å². The Morgan fingerprint density at radius 1 is 1.28 bits per heavy atom. The van der Waals surface area contributed by atoms with Gasteiger partial charge in [0.25, 0.3) is 0 Å². The summed E-state index contributed by atoms with van der Waals surface area (Å²) in [5.41, 5.74) is 0. The molecule has 3 nitrogen and oxygen atoms in total. The average molecular weight is 254 g/mol. The molecule has 1 fully saturated rings. The van der Waals surface area contributed by atoms with Crippen LogP contribution in [-0.2, 0) is 4.79 Å². The van der Waals surface area contributed by atoms with Gasteiger partial charge in [0.2, 0.25) is 5.91 Å². The fourth-order valence-corrected chi connectivity index (χ4v) is 2.71. The minimum Gasteiger partial charge on any atom is -0.342 e. The predicted molar refractivity (Wildman–Crippen MR) is 76.6 cm³/mol. The van der Waals surface area contributed by atoms with E-state index < -0.39 is 0 Å². The highest BCUT2D eigenvalue weighted by molar-refractivity contribution is 5.78. The first-order chi connectivity index (χ1) is 8.54. The minimum atomic E-state index is 0.209. The molecule has 0 aromatic rings. The quantitative estimate of drug-likeness (QED) is 0.790. The van der Waals surface area contributed by atoms with Crippen LogP contribution in [0.1, 0.15) is 59.3 Å². The zero-order valence-electron chi connectivity index (χ0n) is 12.5. The van der Waals surface area contributed by atoms with Gasteiger partial charge < -0.3 is 10.2 Å². The Bertz CT molecular complexity index is 245. The first kappa shape index (κ1) is 15.5. The molecule has 0 unspecified atom stereocenters. The third-order valence-corrected chi connectivity index (χ3v) is 4.25. The summed E-state index contributed by atoms with van der Waals surface area (Å²) < 4.78 is 0. The number of carbonyl (C=O) groups is 1. The van der Waals surface area contributed by atoms with Crippen molar-refractivity contribution >= 4 is 5.91 Å². The van der Waals surface area contributed by atoms with E-state index in [0.29, 0.717) is 18.6 Å². The topological polar surface area (TPSA) is 32.3 Å². The lowest BCUT2D eigenvalue weighted by atomic mass is 9.83. The average Bonchev–Trinajstić information content (AvgIpc) is 2.37. The highest BCUT2D eigenvalue weighted by Crippen LogP contribution is 2.27. The summed E-state index contributed by atoms with van der Waals surface area (Å²) >= 11 is 0. The highest BCUT2D eigenvalue weighted by Gasteiger charge is 2.21. The Morgan fingerprint density at radius 2 is 1.89 bits per heavy atom. The van der Waals surface area contributed by atoms with Crippen molar-refractivity contribution in [1.29, 1.82) is 0 Å². The highest BCUT2D eigenvalue weighted by atomic mass is 16.2. The van der Waals surface area contributed by atoms with E-state index in [-0.39, 0.29) is 5.91 Å². The van der Waals surface area contributed by atoms with E-state index in [1.807, 2.05) is 25.8 Å². The van der Waals surface area contributed by atoms with Crippen LogP contribution in [0.25, 0.3) is 0 Å². The molecule has 0 atom stereocenters. The second-order valence-electron chi connectivity index (χ2n) is 5.99. The molecule has 0 aliphatic heterocycles. The predicted octanol–water partition coefficient (Wildman–Crippen LogP) is 2.80. The summed E-state index contributed by atoms with van der Waals surface area (Å²) in [6, 6.07) is 0.849. The molecule has 18 heavy (non-hydrogen) atoms. The molecule has 1 aliphatic carbocycles. The number of likely N-dealkylation sites (N-methyl/N-ethyl adjacent to an activating group) is 1. The van der Waals surface area contributed by atoms with Crippen molar-refractivity contribution in [2.45, 2.75) is 71.4 Å². The molecule has 0 heterocycles. The third kappa shape index (κ3) is 4.97. The Hall–Kier alpha value is -0.570. The number of carbonyl (C=O) groups excluding carboxylic acids is 1. The molecule has 106 valence electrons. The zero-order valence-corrected chi connectivity index (χ0v) is 12.5. The van der Waals surface area contributed by atoms with E-state index in [1.165, 1.54) is 38.5 Å². The maximum absolute atomic E-state index is 11.9.